The molecule has 0 amide bonds. The minimum Gasteiger partial charge on any atom is -0.295 e. The van der Waals surface area contributed by atoms with E-state index in [-0.39, 0.29) is 5.56 Å². The largest absolute Gasteiger partial charge is 0.295 e. The van der Waals surface area contributed by atoms with Crippen LogP contribution in [-0.4, -0.2) is 9.78 Å². The number of fused-ring (bicyclic) bond motifs is 1. The number of benzene rings is 1. The van der Waals surface area contributed by atoms with E-state index < -0.39 is 0 Å². The predicted molar refractivity (Wildman–Crippen MR) is 52.9 cm³/mol. The Balaban J connectivity index is 2.82. The Morgan fingerprint density at radius 3 is 2.92 bits per heavy atom. The maximum atomic E-state index is 11.5. The van der Waals surface area contributed by atoms with Gasteiger partial charge in [-0.05, 0) is 24.1 Å². The fraction of sp³-hybridized carbons (Fsp3) is 0.300. The molecular weight excluding hydrogens is 164 g/mol. The molecule has 0 spiro atoms. The standard InChI is InChI=1S/C10H12N2O/c1-3-7-4-5-9-8(6-7)10(13)12(2)11-9/h4-6,11H,3H2,1-2H3. The molecule has 2 rings (SSSR count). The molecule has 0 fully saturated rings. The summed E-state index contributed by atoms with van der Waals surface area (Å²) in [7, 11) is 1.73. The van der Waals surface area contributed by atoms with Crippen LogP contribution in [0.2, 0.25) is 0 Å². The lowest BCUT2D eigenvalue weighted by Crippen LogP contribution is -2.11. The quantitative estimate of drug-likeness (QED) is 0.701. The number of hydrogen-bond donors (Lipinski definition) is 1. The van der Waals surface area contributed by atoms with Gasteiger partial charge in [-0.1, -0.05) is 13.0 Å². The first kappa shape index (κ1) is 8.10. The van der Waals surface area contributed by atoms with Crippen LogP contribution in [0.3, 0.4) is 0 Å². The van der Waals surface area contributed by atoms with E-state index >= 15 is 0 Å². The average Bonchev–Trinajstić information content (AvgIpc) is 2.43. The van der Waals surface area contributed by atoms with Gasteiger partial charge in [0.2, 0.25) is 0 Å². The molecule has 0 radical (unpaired) electrons. The van der Waals surface area contributed by atoms with E-state index in [1.165, 1.54) is 10.2 Å². The number of hydrogen-bond acceptors (Lipinski definition) is 1. The van der Waals surface area contributed by atoms with Crippen LogP contribution >= 0.6 is 0 Å². The fourth-order valence-corrected chi connectivity index (χ4v) is 1.50. The Hall–Kier alpha value is -1.51. The van der Waals surface area contributed by atoms with E-state index in [9.17, 15) is 4.79 Å². The van der Waals surface area contributed by atoms with Crippen LogP contribution in [0.4, 0.5) is 0 Å². The normalized spacial score (nSPS) is 10.9. The van der Waals surface area contributed by atoms with Crippen molar-refractivity contribution < 1.29 is 0 Å². The molecule has 2 aromatic rings. The molecule has 3 heteroatoms. The van der Waals surface area contributed by atoms with Crippen LogP contribution in [0.25, 0.3) is 10.9 Å². The second-order valence-corrected chi connectivity index (χ2v) is 3.21. The van der Waals surface area contributed by atoms with Crippen LogP contribution in [0.5, 0.6) is 0 Å². The zero-order valence-corrected chi connectivity index (χ0v) is 7.79. The van der Waals surface area contributed by atoms with Crippen molar-refractivity contribution in [1.82, 2.24) is 9.78 Å². The Kier molecular flexibility index (Phi) is 1.72. The van der Waals surface area contributed by atoms with E-state index in [0.717, 1.165) is 17.3 Å². The van der Waals surface area contributed by atoms with Gasteiger partial charge in [0.25, 0.3) is 5.56 Å². The van der Waals surface area contributed by atoms with Crippen LogP contribution < -0.4 is 5.56 Å². The number of aromatic nitrogens is 2. The average molecular weight is 176 g/mol. The van der Waals surface area contributed by atoms with E-state index in [2.05, 4.69) is 12.0 Å². The monoisotopic (exact) mass is 176 g/mol. The summed E-state index contributed by atoms with van der Waals surface area (Å²) in [5.74, 6) is 0. The molecule has 68 valence electrons. The van der Waals surface area contributed by atoms with Gasteiger partial charge in [-0.2, -0.15) is 0 Å². The van der Waals surface area contributed by atoms with Gasteiger partial charge in [-0.3, -0.25) is 14.6 Å². The van der Waals surface area contributed by atoms with E-state index in [1.807, 2.05) is 18.2 Å². The maximum Gasteiger partial charge on any atom is 0.274 e. The second kappa shape index (κ2) is 2.76. The predicted octanol–water partition coefficient (Wildman–Crippen LogP) is 1.43. The highest BCUT2D eigenvalue weighted by Gasteiger charge is 2.03. The van der Waals surface area contributed by atoms with Gasteiger partial charge in [0.15, 0.2) is 0 Å². The molecule has 0 saturated carbocycles. The highest BCUT2D eigenvalue weighted by Crippen LogP contribution is 2.10. The molecule has 0 aliphatic heterocycles. The number of nitrogens with one attached hydrogen (secondary N) is 1. The van der Waals surface area contributed by atoms with Gasteiger partial charge >= 0.3 is 0 Å². The third-order valence-electron chi connectivity index (χ3n) is 2.32. The molecule has 13 heavy (non-hydrogen) atoms. The Bertz CT molecular complexity index is 493. The highest BCUT2D eigenvalue weighted by molar-refractivity contribution is 5.78. The molecule has 0 aliphatic rings. The first-order valence-corrected chi connectivity index (χ1v) is 4.40. The Morgan fingerprint density at radius 2 is 2.23 bits per heavy atom. The van der Waals surface area contributed by atoms with Gasteiger partial charge < -0.3 is 0 Å². The first-order chi connectivity index (χ1) is 6.22. The van der Waals surface area contributed by atoms with Crippen molar-refractivity contribution >= 4 is 10.9 Å². The number of aromatic amines is 1. The minimum atomic E-state index is 0.0466. The van der Waals surface area contributed by atoms with Crippen molar-refractivity contribution in [2.24, 2.45) is 7.05 Å². The summed E-state index contributed by atoms with van der Waals surface area (Å²) in [5, 5.41) is 3.76. The van der Waals surface area contributed by atoms with Crippen LogP contribution in [-0.2, 0) is 13.5 Å². The van der Waals surface area contributed by atoms with Crippen molar-refractivity contribution in [1.29, 1.82) is 0 Å². The van der Waals surface area contributed by atoms with Gasteiger partial charge in [0.05, 0.1) is 10.9 Å². The molecule has 0 bridgehead atoms. The van der Waals surface area contributed by atoms with Gasteiger partial charge in [-0.25, -0.2) is 0 Å². The van der Waals surface area contributed by atoms with Crippen LogP contribution in [0.15, 0.2) is 23.0 Å². The summed E-state index contributed by atoms with van der Waals surface area (Å²) in [6.07, 6.45) is 0.963. The summed E-state index contributed by atoms with van der Waals surface area (Å²) >= 11 is 0. The van der Waals surface area contributed by atoms with Crippen molar-refractivity contribution in [3.05, 3.63) is 34.1 Å². The zero-order valence-electron chi connectivity index (χ0n) is 7.79. The topological polar surface area (TPSA) is 37.8 Å². The van der Waals surface area contributed by atoms with E-state index in [1.54, 1.807) is 7.05 Å². The minimum absolute atomic E-state index is 0.0466. The SMILES string of the molecule is CCc1ccc2[nH]n(C)c(=O)c2c1. The third-order valence-corrected chi connectivity index (χ3v) is 2.32. The number of aryl methyl sites for hydroxylation is 2. The first-order valence-electron chi connectivity index (χ1n) is 4.40. The van der Waals surface area contributed by atoms with Crippen molar-refractivity contribution in [3.8, 4) is 0 Å². The van der Waals surface area contributed by atoms with Crippen LogP contribution in [0, 0.1) is 0 Å². The molecule has 0 atom stereocenters. The summed E-state index contributed by atoms with van der Waals surface area (Å²) in [6.45, 7) is 2.08. The van der Waals surface area contributed by atoms with Crippen molar-refractivity contribution in [3.63, 3.8) is 0 Å². The lowest BCUT2D eigenvalue weighted by atomic mass is 10.1. The molecule has 1 N–H and O–H groups in total. The molecular formula is C10H12N2O. The summed E-state index contributed by atoms with van der Waals surface area (Å²) in [6, 6.07) is 5.95. The Morgan fingerprint density at radius 1 is 1.46 bits per heavy atom. The number of rotatable bonds is 1. The zero-order chi connectivity index (χ0) is 9.42. The van der Waals surface area contributed by atoms with Crippen molar-refractivity contribution in [2.45, 2.75) is 13.3 Å². The highest BCUT2D eigenvalue weighted by atomic mass is 16.1. The lowest BCUT2D eigenvalue weighted by Gasteiger charge is -1.93. The molecule has 0 unspecified atom stereocenters. The van der Waals surface area contributed by atoms with Crippen LogP contribution in [0.1, 0.15) is 12.5 Å². The smallest absolute Gasteiger partial charge is 0.274 e. The second-order valence-electron chi connectivity index (χ2n) is 3.21. The van der Waals surface area contributed by atoms with E-state index in [0.29, 0.717) is 0 Å². The lowest BCUT2D eigenvalue weighted by molar-refractivity contribution is 0.751. The van der Waals surface area contributed by atoms with E-state index in [4.69, 9.17) is 0 Å². The maximum absolute atomic E-state index is 11.5. The summed E-state index contributed by atoms with van der Waals surface area (Å²) in [4.78, 5) is 11.5. The summed E-state index contributed by atoms with van der Waals surface area (Å²) < 4.78 is 1.50. The number of nitrogens with zero attached hydrogens (tertiary/aromatic N) is 1. The molecule has 3 nitrogen and oxygen atoms in total. The molecule has 1 aromatic heterocycles. The van der Waals surface area contributed by atoms with Gasteiger partial charge in [0, 0.05) is 7.05 Å². The van der Waals surface area contributed by atoms with Crippen molar-refractivity contribution in [2.75, 3.05) is 0 Å². The number of H-pyrrole nitrogens is 1. The summed E-state index contributed by atoms with van der Waals surface area (Å²) in [5.41, 5.74) is 2.15. The molecule has 1 aromatic carbocycles. The molecule has 1 heterocycles. The van der Waals surface area contributed by atoms with Gasteiger partial charge in [-0.15, -0.1) is 0 Å². The third kappa shape index (κ3) is 1.16. The fourth-order valence-electron chi connectivity index (χ4n) is 1.50. The van der Waals surface area contributed by atoms with Gasteiger partial charge in [0.1, 0.15) is 0 Å². The molecule has 0 aliphatic carbocycles. The Labute approximate surface area is 76.0 Å². The molecule has 0 saturated heterocycles.